The maximum Gasteiger partial charge on any atom is 0.311 e. The molecule has 9 nitrogen and oxygen atoms in total. The van der Waals surface area contributed by atoms with E-state index in [1.54, 1.807) is 48.5 Å². The number of benzene rings is 2. The van der Waals surface area contributed by atoms with Crippen LogP contribution in [0.25, 0.3) is 0 Å². The molecule has 1 aliphatic heterocycles. The number of ether oxygens (including phenoxy) is 2. The summed E-state index contributed by atoms with van der Waals surface area (Å²) in [5.41, 5.74) is 5.36. The maximum absolute atomic E-state index is 12.5. The Labute approximate surface area is 193 Å². The van der Waals surface area contributed by atoms with Crippen molar-refractivity contribution < 1.29 is 28.7 Å². The molecule has 0 radical (unpaired) electrons. The zero-order valence-electron chi connectivity index (χ0n) is 17.3. The number of nitrogens with one attached hydrogen (secondary N) is 2. The average Bonchev–Trinajstić information content (AvgIpc) is 3.18. The Morgan fingerprint density at radius 3 is 2.53 bits per heavy atom. The number of halogens is 1. The molecular formula is C22H22BrN3O6. The van der Waals surface area contributed by atoms with Crippen molar-refractivity contribution in [1.29, 1.82) is 0 Å². The van der Waals surface area contributed by atoms with Crippen LogP contribution in [-0.2, 0) is 19.1 Å². The van der Waals surface area contributed by atoms with Gasteiger partial charge in [-0.15, -0.1) is 0 Å². The number of para-hydroxylation sites is 2. The predicted molar refractivity (Wildman–Crippen MR) is 119 cm³/mol. The average molecular weight is 504 g/mol. The van der Waals surface area contributed by atoms with Crippen LogP contribution in [0, 0.1) is 5.92 Å². The van der Waals surface area contributed by atoms with E-state index in [4.69, 9.17) is 9.47 Å². The number of hydrogen-bond donors (Lipinski definition) is 2. The second-order valence-corrected chi connectivity index (χ2v) is 7.84. The summed E-state index contributed by atoms with van der Waals surface area (Å²) in [6.45, 7) is 1.83. The summed E-state index contributed by atoms with van der Waals surface area (Å²) in [5.74, 6) is -2.26. The van der Waals surface area contributed by atoms with Crippen molar-refractivity contribution in [3.63, 3.8) is 0 Å². The Morgan fingerprint density at radius 1 is 1.09 bits per heavy atom. The fourth-order valence-electron chi connectivity index (χ4n) is 3.15. The topological polar surface area (TPSA) is 114 Å². The van der Waals surface area contributed by atoms with Gasteiger partial charge in [0.1, 0.15) is 5.75 Å². The van der Waals surface area contributed by atoms with Crippen LogP contribution in [0.4, 0.5) is 5.69 Å². The molecule has 0 unspecified atom stereocenters. The third kappa shape index (κ3) is 5.85. The molecule has 0 saturated carbocycles. The van der Waals surface area contributed by atoms with Gasteiger partial charge in [-0.2, -0.15) is 0 Å². The number of anilines is 1. The summed E-state index contributed by atoms with van der Waals surface area (Å²) in [6.07, 6.45) is -0.0266. The number of carbonyl (C=O) groups excluding carboxylic acids is 4. The molecule has 2 N–H and O–H groups in total. The van der Waals surface area contributed by atoms with Crippen molar-refractivity contribution in [3.8, 4) is 5.75 Å². The van der Waals surface area contributed by atoms with Gasteiger partial charge >= 0.3 is 5.97 Å². The first-order valence-corrected chi connectivity index (χ1v) is 10.7. The van der Waals surface area contributed by atoms with Crippen LogP contribution >= 0.6 is 15.9 Å². The van der Waals surface area contributed by atoms with Crippen molar-refractivity contribution in [2.75, 3.05) is 24.7 Å². The molecule has 32 heavy (non-hydrogen) atoms. The highest BCUT2D eigenvalue weighted by atomic mass is 79.9. The first-order chi connectivity index (χ1) is 15.4. The van der Waals surface area contributed by atoms with E-state index in [0.717, 1.165) is 4.47 Å². The van der Waals surface area contributed by atoms with Crippen LogP contribution in [0.2, 0.25) is 0 Å². The van der Waals surface area contributed by atoms with E-state index in [9.17, 15) is 19.2 Å². The minimum atomic E-state index is -0.706. The molecular weight excluding hydrogens is 482 g/mol. The normalized spacial score (nSPS) is 15.2. The second kappa shape index (κ2) is 10.8. The number of amides is 3. The third-order valence-electron chi connectivity index (χ3n) is 4.68. The van der Waals surface area contributed by atoms with E-state index < -0.39 is 30.3 Å². The molecule has 3 rings (SSSR count). The summed E-state index contributed by atoms with van der Waals surface area (Å²) in [4.78, 5) is 50.2. The van der Waals surface area contributed by atoms with E-state index in [1.807, 2.05) is 6.92 Å². The van der Waals surface area contributed by atoms with Crippen LogP contribution in [0.5, 0.6) is 5.75 Å². The summed E-state index contributed by atoms with van der Waals surface area (Å²) < 4.78 is 11.4. The molecule has 10 heteroatoms. The minimum absolute atomic E-state index is 0.0266. The van der Waals surface area contributed by atoms with Gasteiger partial charge < -0.3 is 14.4 Å². The van der Waals surface area contributed by atoms with Crippen molar-refractivity contribution in [3.05, 3.63) is 58.6 Å². The molecule has 0 aromatic heterocycles. The quantitative estimate of drug-likeness (QED) is 0.442. The zero-order valence-corrected chi connectivity index (χ0v) is 18.9. The van der Waals surface area contributed by atoms with Gasteiger partial charge in [0.25, 0.3) is 11.8 Å². The molecule has 0 spiro atoms. The van der Waals surface area contributed by atoms with Crippen LogP contribution in [0.1, 0.15) is 23.7 Å². The van der Waals surface area contributed by atoms with E-state index in [-0.39, 0.29) is 18.9 Å². The first-order valence-electron chi connectivity index (χ1n) is 9.92. The van der Waals surface area contributed by atoms with Crippen molar-refractivity contribution in [2.45, 2.75) is 13.3 Å². The van der Waals surface area contributed by atoms with Gasteiger partial charge in [0.05, 0.1) is 18.2 Å². The van der Waals surface area contributed by atoms with Gasteiger partial charge in [0, 0.05) is 23.0 Å². The standard InChI is InChI=1S/C22H22BrN3O6/c1-2-31-18-6-4-3-5-17(18)26-12-15(11-20(26)28)22(30)32-13-19(27)24-25-21(29)14-7-9-16(23)10-8-14/h3-10,15H,2,11-13H2,1H3,(H,24,27)(H,25,29)/t15-/m0/s1. The Hall–Kier alpha value is -3.40. The van der Waals surface area contributed by atoms with Gasteiger partial charge in [-0.05, 0) is 43.3 Å². The Morgan fingerprint density at radius 2 is 1.81 bits per heavy atom. The number of carbonyl (C=O) groups is 4. The van der Waals surface area contributed by atoms with Gasteiger partial charge in [0.15, 0.2) is 6.61 Å². The van der Waals surface area contributed by atoms with Gasteiger partial charge in [0.2, 0.25) is 5.91 Å². The highest BCUT2D eigenvalue weighted by Gasteiger charge is 2.37. The van der Waals surface area contributed by atoms with Crippen molar-refractivity contribution >= 4 is 45.3 Å². The molecule has 0 aliphatic carbocycles. The molecule has 0 bridgehead atoms. The Bertz CT molecular complexity index is 1010. The summed E-state index contributed by atoms with van der Waals surface area (Å²) in [6, 6.07) is 13.6. The van der Waals surface area contributed by atoms with E-state index >= 15 is 0 Å². The Kier molecular flexibility index (Phi) is 7.82. The van der Waals surface area contributed by atoms with Crippen LogP contribution in [-0.4, -0.2) is 43.4 Å². The van der Waals surface area contributed by atoms with Crippen LogP contribution < -0.4 is 20.5 Å². The first kappa shape index (κ1) is 23.3. The lowest BCUT2D eigenvalue weighted by molar-refractivity contribution is -0.152. The predicted octanol–water partition coefficient (Wildman–Crippen LogP) is 2.21. The lowest BCUT2D eigenvalue weighted by atomic mass is 10.1. The molecule has 1 saturated heterocycles. The Balaban J connectivity index is 1.48. The molecule has 168 valence electrons. The number of hydrazine groups is 1. The van der Waals surface area contributed by atoms with E-state index in [2.05, 4.69) is 26.8 Å². The fourth-order valence-corrected chi connectivity index (χ4v) is 3.41. The fraction of sp³-hybridized carbons (Fsp3) is 0.273. The highest BCUT2D eigenvalue weighted by molar-refractivity contribution is 9.10. The van der Waals surface area contributed by atoms with Crippen molar-refractivity contribution in [1.82, 2.24) is 10.9 Å². The van der Waals surface area contributed by atoms with Gasteiger partial charge in [-0.25, -0.2) is 0 Å². The monoisotopic (exact) mass is 503 g/mol. The van der Waals surface area contributed by atoms with Crippen LogP contribution in [0.3, 0.4) is 0 Å². The molecule has 1 atom stereocenters. The maximum atomic E-state index is 12.5. The van der Waals surface area contributed by atoms with Crippen molar-refractivity contribution in [2.24, 2.45) is 5.92 Å². The molecule has 1 heterocycles. The number of hydrogen-bond acceptors (Lipinski definition) is 6. The minimum Gasteiger partial charge on any atom is -0.492 e. The largest absolute Gasteiger partial charge is 0.492 e. The van der Waals surface area contributed by atoms with E-state index in [0.29, 0.717) is 23.6 Å². The zero-order chi connectivity index (χ0) is 23.1. The molecule has 2 aromatic rings. The second-order valence-electron chi connectivity index (χ2n) is 6.92. The van der Waals surface area contributed by atoms with Crippen LogP contribution in [0.15, 0.2) is 53.0 Å². The highest BCUT2D eigenvalue weighted by Crippen LogP contribution is 2.33. The summed E-state index contributed by atoms with van der Waals surface area (Å²) >= 11 is 3.27. The lowest BCUT2D eigenvalue weighted by Gasteiger charge is -2.19. The number of esters is 1. The SMILES string of the molecule is CCOc1ccccc1N1C[C@@H](C(=O)OCC(=O)NNC(=O)c2ccc(Br)cc2)CC1=O. The van der Waals surface area contributed by atoms with E-state index in [1.165, 1.54) is 4.90 Å². The summed E-state index contributed by atoms with van der Waals surface area (Å²) in [5, 5.41) is 0. The molecule has 1 aliphatic rings. The molecule has 1 fully saturated rings. The molecule has 2 aromatic carbocycles. The lowest BCUT2D eigenvalue weighted by Crippen LogP contribution is -2.43. The summed E-state index contributed by atoms with van der Waals surface area (Å²) in [7, 11) is 0. The number of nitrogens with zero attached hydrogens (tertiary/aromatic N) is 1. The third-order valence-corrected chi connectivity index (χ3v) is 5.21. The van der Waals surface area contributed by atoms with Gasteiger partial charge in [-0.1, -0.05) is 28.1 Å². The van der Waals surface area contributed by atoms with Gasteiger partial charge in [-0.3, -0.25) is 30.0 Å². The molecule has 3 amide bonds. The number of rotatable bonds is 7. The smallest absolute Gasteiger partial charge is 0.311 e.